The maximum Gasteiger partial charge on any atom is 0.276 e. The third-order valence-electron chi connectivity index (χ3n) is 6.27. The number of carbonyl (C=O) groups excluding carboxylic acids is 1. The summed E-state index contributed by atoms with van der Waals surface area (Å²) in [6.45, 7) is 5.24. The molecule has 1 N–H and O–H groups in total. The van der Waals surface area contributed by atoms with Gasteiger partial charge in [-0.15, -0.1) is 0 Å². The second kappa shape index (κ2) is 9.08. The summed E-state index contributed by atoms with van der Waals surface area (Å²) in [5.41, 5.74) is 6.44. The van der Waals surface area contributed by atoms with E-state index in [9.17, 15) is 9.18 Å². The molecule has 166 valence electrons. The number of anilines is 1. The van der Waals surface area contributed by atoms with Crippen molar-refractivity contribution < 1.29 is 9.18 Å². The highest BCUT2D eigenvalue weighted by molar-refractivity contribution is 7.99. The fraction of sp³-hybridized carbons (Fsp3) is 0.360. The largest absolute Gasteiger partial charge is 0.320 e. The number of fused-ring (bicyclic) bond motifs is 1. The first-order valence-electron chi connectivity index (χ1n) is 11.2. The monoisotopic (exact) mass is 450 g/mol. The Bertz CT molecular complexity index is 1140. The molecule has 3 aromatic rings. The number of aromatic nitrogens is 2. The predicted molar refractivity (Wildman–Crippen MR) is 127 cm³/mol. The van der Waals surface area contributed by atoms with Gasteiger partial charge in [-0.05, 0) is 67.6 Å². The van der Waals surface area contributed by atoms with E-state index in [1.807, 2.05) is 24.8 Å². The molecule has 1 fully saturated rings. The van der Waals surface area contributed by atoms with Crippen LogP contribution in [0, 0.1) is 12.7 Å². The molecule has 1 aromatic heterocycles. The standard InChI is InChI=1S/C25H27FN4OS/c1-17-15-18(16-29-11-13-32-14-12-29)5-10-22(17)27-25(31)24-21-3-2-4-23(21)30(28-24)20-8-6-19(26)7-9-20/h5-10,15H,2-4,11-14,16H2,1H3,(H,27,31). The fourth-order valence-corrected chi connectivity index (χ4v) is 5.56. The molecule has 5 nitrogen and oxygen atoms in total. The maximum atomic E-state index is 13.4. The number of nitrogens with one attached hydrogen (secondary N) is 1. The molecular formula is C25H27FN4OS. The number of halogens is 1. The molecule has 32 heavy (non-hydrogen) atoms. The Hall–Kier alpha value is -2.64. The first-order valence-corrected chi connectivity index (χ1v) is 12.3. The minimum Gasteiger partial charge on any atom is -0.320 e. The number of nitrogens with zero attached hydrogens (tertiary/aromatic N) is 3. The Morgan fingerprint density at radius 3 is 2.66 bits per heavy atom. The summed E-state index contributed by atoms with van der Waals surface area (Å²) < 4.78 is 15.1. The van der Waals surface area contributed by atoms with Crippen molar-refractivity contribution in [3.63, 3.8) is 0 Å². The van der Waals surface area contributed by atoms with Crippen LogP contribution in [-0.2, 0) is 19.4 Å². The molecule has 0 radical (unpaired) electrons. The normalized spacial score (nSPS) is 16.2. The van der Waals surface area contributed by atoms with Gasteiger partial charge in [0.05, 0.1) is 5.69 Å². The highest BCUT2D eigenvalue weighted by Crippen LogP contribution is 2.29. The summed E-state index contributed by atoms with van der Waals surface area (Å²) in [5, 5.41) is 7.70. The van der Waals surface area contributed by atoms with E-state index in [1.54, 1.807) is 16.8 Å². The molecule has 2 aliphatic rings. The molecule has 0 saturated carbocycles. The van der Waals surface area contributed by atoms with Crippen LogP contribution in [0.25, 0.3) is 5.69 Å². The van der Waals surface area contributed by atoms with Crippen molar-refractivity contribution in [2.45, 2.75) is 32.7 Å². The number of rotatable bonds is 5. The Balaban J connectivity index is 1.35. The van der Waals surface area contributed by atoms with Crippen molar-refractivity contribution in [2.24, 2.45) is 0 Å². The van der Waals surface area contributed by atoms with Gasteiger partial charge in [0.1, 0.15) is 5.82 Å². The Morgan fingerprint density at radius 1 is 1.12 bits per heavy atom. The van der Waals surface area contributed by atoms with Crippen LogP contribution in [0.1, 0.15) is 39.3 Å². The van der Waals surface area contributed by atoms with Gasteiger partial charge in [0.25, 0.3) is 5.91 Å². The third-order valence-corrected chi connectivity index (χ3v) is 7.21. The lowest BCUT2D eigenvalue weighted by Gasteiger charge is -2.26. The second-order valence-electron chi connectivity index (χ2n) is 8.51. The van der Waals surface area contributed by atoms with Gasteiger partial charge >= 0.3 is 0 Å². The summed E-state index contributed by atoms with van der Waals surface area (Å²) in [4.78, 5) is 15.7. The van der Waals surface area contributed by atoms with Crippen molar-refractivity contribution in [1.29, 1.82) is 0 Å². The van der Waals surface area contributed by atoms with E-state index in [0.29, 0.717) is 5.69 Å². The first kappa shape index (κ1) is 21.2. The zero-order valence-corrected chi connectivity index (χ0v) is 19.1. The van der Waals surface area contributed by atoms with E-state index in [4.69, 9.17) is 0 Å². The van der Waals surface area contributed by atoms with Crippen molar-refractivity contribution in [1.82, 2.24) is 14.7 Å². The smallest absolute Gasteiger partial charge is 0.276 e. The second-order valence-corrected chi connectivity index (χ2v) is 9.73. The minimum absolute atomic E-state index is 0.187. The molecule has 7 heteroatoms. The Morgan fingerprint density at radius 2 is 1.91 bits per heavy atom. The summed E-state index contributed by atoms with van der Waals surface area (Å²) in [7, 11) is 0. The average molecular weight is 451 g/mol. The highest BCUT2D eigenvalue weighted by atomic mass is 32.2. The fourth-order valence-electron chi connectivity index (χ4n) is 4.58. The number of carbonyl (C=O) groups is 1. The van der Waals surface area contributed by atoms with E-state index >= 15 is 0 Å². The lowest BCUT2D eigenvalue weighted by molar-refractivity contribution is 0.102. The SMILES string of the molecule is Cc1cc(CN2CCSCC2)ccc1NC(=O)c1nn(-c2ccc(F)cc2)c2c1CCC2. The van der Waals surface area contributed by atoms with Crippen LogP contribution in [0.15, 0.2) is 42.5 Å². The summed E-state index contributed by atoms with van der Waals surface area (Å²) in [5.74, 6) is 1.92. The lowest BCUT2D eigenvalue weighted by atomic mass is 10.1. The van der Waals surface area contributed by atoms with E-state index in [2.05, 4.69) is 27.4 Å². The highest BCUT2D eigenvalue weighted by Gasteiger charge is 2.27. The maximum absolute atomic E-state index is 13.4. The molecule has 0 spiro atoms. The zero-order valence-electron chi connectivity index (χ0n) is 18.2. The molecule has 2 aromatic carbocycles. The molecule has 2 heterocycles. The van der Waals surface area contributed by atoms with E-state index in [-0.39, 0.29) is 11.7 Å². The van der Waals surface area contributed by atoms with Gasteiger partial charge in [-0.2, -0.15) is 16.9 Å². The average Bonchev–Trinajstić information content (AvgIpc) is 3.40. The molecule has 0 unspecified atom stereocenters. The van der Waals surface area contributed by atoms with Gasteiger partial charge < -0.3 is 5.32 Å². The van der Waals surface area contributed by atoms with Crippen LogP contribution >= 0.6 is 11.8 Å². The number of hydrogen-bond donors (Lipinski definition) is 1. The van der Waals surface area contributed by atoms with Crippen LogP contribution in [0.3, 0.4) is 0 Å². The quantitative estimate of drug-likeness (QED) is 0.617. The summed E-state index contributed by atoms with van der Waals surface area (Å²) in [6.07, 6.45) is 2.71. The topological polar surface area (TPSA) is 50.2 Å². The van der Waals surface area contributed by atoms with Gasteiger partial charge in [-0.3, -0.25) is 9.69 Å². The van der Waals surface area contributed by atoms with Crippen LogP contribution in [0.2, 0.25) is 0 Å². The lowest BCUT2D eigenvalue weighted by Crippen LogP contribution is -2.31. The molecule has 5 rings (SSSR count). The molecule has 1 aliphatic heterocycles. The van der Waals surface area contributed by atoms with Crippen molar-refractivity contribution in [3.8, 4) is 5.69 Å². The Labute approximate surface area is 192 Å². The van der Waals surface area contributed by atoms with Crippen LogP contribution in [-0.4, -0.2) is 45.2 Å². The van der Waals surface area contributed by atoms with Crippen molar-refractivity contribution in [3.05, 3.63) is 76.4 Å². The number of hydrogen-bond acceptors (Lipinski definition) is 4. The zero-order chi connectivity index (χ0) is 22.1. The molecule has 1 saturated heterocycles. The Kier molecular flexibility index (Phi) is 6.02. The van der Waals surface area contributed by atoms with Gasteiger partial charge in [-0.1, -0.05) is 12.1 Å². The third kappa shape index (κ3) is 4.32. The van der Waals surface area contributed by atoms with E-state index < -0.39 is 0 Å². The van der Waals surface area contributed by atoms with Crippen LogP contribution < -0.4 is 5.32 Å². The summed E-state index contributed by atoms with van der Waals surface area (Å²) >= 11 is 2.02. The molecule has 1 amide bonds. The molecular weight excluding hydrogens is 423 g/mol. The number of aryl methyl sites for hydroxylation is 1. The minimum atomic E-state index is -0.284. The number of benzene rings is 2. The van der Waals surface area contributed by atoms with Gasteiger partial charge in [0.15, 0.2) is 5.69 Å². The van der Waals surface area contributed by atoms with Gasteiger partial charge in [0.2, 0.25) is 0 Å². The molecule has 0 bridgehead atoms. The first-order chi connectivity index (χ1) is 15.6. The van der Waals surface area contributed by atoms with Crippen LogP contribution in [0.5, 0.6) is 0 Å². The molecule has 1 aliphatic carbocycles. The summed E-state index contributed by atoms with van der Waals surface area (Å²) in [6, 6.07) is 12.5. The van der Waals surface area contributed by atoms with Gasteiger partial charge in [-0.25, -0.2) is 9.07 Å². The van der Waals surface area contributed by atoms with E-state index in [1.165, 1.54) is 29.2 Å². The van der Waals surface area contributed by atoms with Crippen molar-refractivity contribution in [2.75, 3.05) is 29.9 Å². The predicted octanol–water partition coefficient (Wildman–Crippen LogP) is 4.61. The van der Waals surface area contributed by atoms with Crippen molar-refractivity contribution >= 4 is 23.4 Å². The number of thioether (sulfide) groups is 1. The molecule has 0 atom stereocenters. The van der Waals surface area contributed by atoms with E-state index in [0.717, 1.165) is 67.1 Å². The van der Waals surface area contributed by atoms with Gasteiger partial charge in [0, 0.05) is 48.1 Å². The number of amides is 1. The van der Waals surface area contributed by atoms with Crippen LogP contribution in [0.4, 0.5) is 10.1 Å².